The van der Waals surface area contributed by atoms with Crippen LogP contribution in [-0.4, -0.2) is 34.9 Å². The summed E-state index contributed by atoms with van der Waals surface area (Å²) in [5.74, 6) is -0.582. The Morgan fingerprint density at radius 3 is 2.50 bits per heavy atom. The molecule has 1 saturated heterocycles. The van der Waals surface area contributed by atoms with E-state index in [1.807, 2.05) is 0 Å². The van der Waals surface area contributed by atoms with Gasteiger partial charge in [-0.05, 0) is 12.8 Å². The minimum absolute atomic E-state index is 0.151. The van der Waals surface area contributed by atoms with E-state index in [1.165, 1.54) is 24.2 Å². The molecule has 0 saturated carbocycles. The van der Waals surface area contributed by atoms with Crippen molar-refractivity contribution in [2.75, 3.05) is 18.4 Å². The average molecular weight is 268 g/mol. The van der Waals surface area contributed by atoms with Crippen LogP contribution in [0.15, 0.2) is 5.38 Å². The Balaban J connectivity index is 1.94. The van der Waals surface area contributed by atoms with Crippen molar-refractivity contribution in [1.29, 1.82) is 0 Å². The number of nitrogens with zero attached hydrogens (tertiary/aromatic N) is 2. The minimum Gasteiger partial charge on any atom is -0.364 e. The van der Waals surface area contributed by atoms with Crippen LogP contribution in [-0.2, 0) is 0 Å². The van der Waals surface area contributed by atoms with Crippen molar-refractivity contribution >= 4 is 28.4 Å². The number of hydrogen-bond acceptors (Lipinski definition) is 4. The molecular formula is C11H16N4O2S. The van der Waals surface area contributed by atoms with Gasteiger partial charge in [0.1, 0.15) is 5.69 Å². The molecule has 1 aliphatic rings. The summed E-state index contributed by atoms with van der Waals surface area (Å²) in [6, 6.07) is -0.151. The van der Waals surface area contributed by atoms with Crippen LogP contribution in [0.3, 0.4) is 0 Å². The second kappa shape index (κ2) is 5.81. The van der Waals surface area contributed by atoms with Crippen molar-refractivity contribution in [2.45, 2.75) is 25.7 Å². The smallest absolute Gasteiger partial charge is 0.323 e. The second-order valence-corrected chi connectivity index (χ2v) is 5.09. The van der Waals surface area contributed by atoms with Crippen LogP contribution in [0, 0.1) is 0 Å². The molecule has 2 heterocycles. The summed E-state index contributed by atoms with van der Waals surface area (Å²) in [5, 5.41) is 4.66. The lowest BCUT2D eigenvalue weighted by atomic mass is 10.2. The molecule has 0 atom stereocenters. The van der Waals surface area contributed by atoms with Crippen LogP contribution < -0.4 is 11.1 Å². The molecule has 0 aliphatic carbocycles. The summed E-state index contributed by atoms with van der Waals surface area (Å²) in [4.78, 5) is 28.6. The van der Waals surface area contributed by atoms with E-state index >= 15 is 0 Å². The van der Waals surface area contributed by atoms with E-state index in [2.05, 4.69) is 10.3 Å². The van der Waals surface area contributed by atoms with Gasteiger partial charge in [0.2, 0.25) is 0 Å². The van der Waals surface area contributed by atoms with Crippen LogP contribution in [0.5, 0.6) is 0 Å². The van der Waals surface area contributed by atoms with Gasteiger partial charge in [0, 0.05) is 18.5 Å². The third kappa shape index (κ3) is 3.19. The maximum Gasteiger partial charge on any atom is 0.323 e. The lowest BCUT2D eigenvalue weighted by molar-refractivity contribution is 0.0996. The van der Waals surface area contributed by atoms with E-state index in [0.717, 1.165) is 25.9 Å². The largest absolute Gasteiger partial charge is 0.364 e. The fraction of sp³-hybridized carbons (Fsp3) is 0.545. The summed E-state index contributed by atoms with van der Waals surface area (Å²) in [6.07, 6.45) is 4.43. The van der Waals surface area contributed by atoms with Gasteiger partial charge < -0.3 is 10.6 Å². The highest BCUT2D eigenvalue weighted by Gasteiger charge is 2.17. The number of nitrogens with one attached hydrogen (secondary N) is 1. The molecule has 3 N–H and O–H groups in total. The molecule has 1 fully saturated rings. The minimum atomic E-state index is -0.582. The van der Waals surface area contributed by atoms with Gasteiger partial charge in [0.15, 0.2) is 5.13 Å². The number of thiazole rings is 1. The van der Waals surface area contributed by atoms with Crippen molar-refractivity contribution in [2.24, 2.45) is 5.73 Å². The first-order valence-electron chi connectivity index (χ1n) is 5.98. The Kier molecular flexibility index (Phi) is 4.14. The Hall–Kier alpha value is -1.63. The summed E-state index contributed by atoms with van der Waals surface area (Å²) in [5.41, 5.74) is 5.29. The summed E-state index contributed by atoms with van der Waals surface area (Å²) < 4.78 is 0. The Morgan fingerprint density at radius 2 is 1.94 bits per heavy atom. The highest BCUT2D eigenvalue weighted by molar-refractivity contribution is 7.14. The molecule has 0 bridgehead atoms. The van der Waals surface area contributed by atoms with Gasteiger partial charge in [-0.2, -0.15) is 0 Å². The molecule has 1 aromatic heterocycles. The van der Waals surface area contributed by atoms with Gasteiger partial charge in [-0.15, -0.1) is 11.3 Å². The first-order valence-corrected chi connectivity index (χ1v) is 6.86. The Labute approximate surface area is 109 Å². The van der Waals surface area contributed by atoms with E-state index < -0.39 is 5.91 Å². The first-order chi connectivity index (χ1) is 8.66. The van der Waals surface area contributed by atoms with Crippen LogP contribution in [0.4, 0.5) is 9.93 Å². The van der Waals surface area contributed by atoms with Crippen molar-refractivity contribution in [1.82, 2.24) is 9.88 Å². The van der Waals surface area contributed by atoms with E-state index in [-0.39, 0.29) is 11.7 Å². The number of carbonyl (C=O) groups excluding carboxylic acids is 2. The van der Waals surface area contributed by atoms with Crippen molar-refractivity contribution < 1.29 is 9.59 Å². The number of primary amides is 1. The quantitative estimate of drug-likeness (QED) is 0.854. The van der Waals surface area contributed by atoms with Gasteiger partial charge in [0.25, 0.3) is 5.91 Å². The number of amides is 3. The number of rotatable bonds is 2. The molecule has 98 valence electrons. The molecule has 0 unspecified atom stereocenters. The fourth-order valence-corrected chi connectivity index (χ4v) is 2.58. The van der Waals surface area contributed by atoms with E-state index in [1.54, 1.807) is 10.3 Å². The van der Waals surface area contributed by atoms with Crippen LogP contribution in [0.2, 0.25) is 0 Å². The maximum atomic E-state index is 12.0. The van der Waals surface area contributed by atoms with E-state index in [9.17, 15) is 9.59 Å². The molecule has 3 amide bonds. The standard InChI is InChI=1S/C11H16N4O2S/c12-9(16)8-7-18-10(13-8)14-11(17)15-5-3-1-2-4-6-15/h7H,1-6H2,(H2,12,16)(H,13,14,17). The molecule has 1 aromatic rings. The molecule has 0 spiro atoms. The highest BCUT2D eigenvalue weighted by atomic mass is 32.1. The number of nitrogens with two attached hydrogens (primary N) is 1. The van der Waals surface area contributed by atoms with Gasteiger partial charge in [-0.1, -0.05) is 12.8 Å². The molecule has 18 heavy (non-hydrogen) atoms. The lowest BCUT2D eigenvalue weighted by Crippen LogP contribution is -2.35. The van der Waals surface area contributed by atoms with Gasteiger partial charge >= 0.3 is 6.03 Å². The zero-order valence-corrected chi connectivity index (χ0v) is 10.8. The average Bonchev–Trinajstić information content (AvgIpc) is 2.64. The summed E-state index contributed by atoms with van der Waals surface area (Å²) in [6.45, 7) is 1.56. The third-order valence-electron chi connectivity index (χ3n) is 2.86. The van der Waals surface area contributed by atoms with Crippen molar-refractivity contribution in [3.63, 3.8) is 0 Å². The molecule has 6 nitrogen and oxygen atoms in total. The molecular weight excluding hydrogens is 252 g/mol. The highest BCUT2D eigenvalue weighted by Crippen LogP contribution is 2.17. The number of urea groups is 1. The number of anilines is 1. The molecule has 1 aliphatic heterocycles. The first kappa shape index (κ1) is 12.8. The summed E-state index contributed by atoms with van der Waals surface area (Å²) in [7, 11) is 0. The van der Waals surface area contributed by atoms with E-state index in [4.69, 9.17) is 5.73 Å². The van der Waals surface area contributed by atoms with Crippen LogP contribution in [0.1, 0.15) is 36.2 Å². The normalized spacial score (nSPS) is 16.1. The molecule has 0 radical (unpaired) electrons. The topological polar surface area (TPSA) is 88.3 Å². The molecule has 2 rings (SSSR count). The predicted molar refractivity (Wildman–Crippen MR) is 69.7 cm³/mol. The summed E-state index contributed by atoms with van der Waals surface area (Å²) >= 11 is 1.20. The monoisotopic (exact) mass is 268 g/mol. The Bertz CT molecular complexity index is 438. The molecule has 7 heteroatoms. The number of hydrogen-bond donors (Lipinski definition) is 2. The number of carbonyl (C=O) groups is 2. The third-order valence-corrected chi connectivity index (χ3v) is 3.62. The SMILES string of the molecule is NC(=O)c1csc(NC(=O)N2CCCCCC2)n1. The zero-order valence-electron chi connectivity index (χ0n) is 10.0. The van der Waals surface area contributed by atoms with Crippen molar-refractivity contribution in [3.05, 3.63) is 11.1 Å². The zero-order chi connectivity index (χ0) is 13.0. The predicted octanol–water partition coefficient (Wildman–Crippen LogP) is 1.65. The van der Waals surface area contributed by atoms with Gasteiger partial charge in [0.05, 0.1) is 0 Å². The fourth-order valence-electron chi connectivity index (χ4n) is 1.89. The lowest BCUT2D eigenvalue weighted by Gasteiger charge is -2.19. The second-order valence-electron chi connectivity index (χ2n) is 4.23. The van der Waals surface area contributed by atoms with Gasteiger partial charge in [-0.25, -0.2) is 9.78 Å². The molecule has 0 aromatic carbocycles. The van der Waals surface area contributed by atoms with Crippen LogP contribution in [0.25, 0.3) is 0 Å². The van der Waals surface area contributed by atoms with Crippen molar-refractivity contribution in [3.8, 4) is 0 Å². The van der Waals surface area contributed by atoms with Crippen LogP contribution >= 0.6 is 11.3 Å². The number of likely N-dealkylation sites (tertiary alicyclic amines) is 1. The Morgan fingerprint density at radius 1 is 1.28 bits per heavy atom. The van der Waals surface area contributed by atoms with Gasteiger partial charge in [-0.3, -0.25) is 10.1 Å². The number of aromatic nitrogens is 1. The maximum absolute atomic E-state index is 12.0. The van der Waals surface area contributed by atoms with E-state index in [0.29, 0.717) is 5.13 Å².